The Morgan fingerprint density at radius 3 is 2.70 bits per heavy atom. The number of ether oxygens (including phenoxy) is 1. The highest BCUT2D eigenvalue weighted by Crippen LogP contribution is 2.21. The van der Waals surface area contributed by atoms with Gasteiger partial charge in [0.05, 0.1) is 18.5 Å². The number of rotatable bonds is 5. The molecule has 2 aromatic rings. The minimum atomic E-state index is 0.467. The lowest BCUT2D eigenvalue weighted by Crippen LogP contribution is -2.22. The Kier molecular flexibility index (Phi) is 4.45. The summed E-state index contributed by atoms with van der Waals surface area (Å²) in [6.07, 6.45) is 0. The molecule has 108 valence electrons. The van der Waals surface area contributed by atoms with Crippen molar-refractivity contribution >= 4 is 0 Å². The molecule has 0 atom stereocenters. The number of hydrogen-bond acceptors (Lipinski definition) is 3. The van der Waals surface area contributed by atoms with E-state index in [1.807, 2.05) is 28.9 Å². The molecule has 0 aliphatic rings. The summed E-state index contributed by atoms with van der Waals surface area (Å²) in [5.74, 6) is 0.844. The first-order valence-electron chi connectivity index (χ1n) is 6.96. The molecular weight excluding hydrogens is 250 g/mol. The maximum Gasteiger partial charge on any atom is 0.121 e. The number of nitrogens with one attached hydrogen (secondary N) is 1. The van der Waals surface area contributed by atoms with Crippen molar-refractivity contribution in [2.45, 2.75) is 40.3 Å². The van der Waals surface area contributed by atoms with Crippen LogP contribution in [-0.2, 0) is 6.54 Å². The third-order valence-corrected chi connectivity index (χ3v) is 3.43. The topological polar surface area (TPSA) is 39.1 Å². The van der Waals surface area contributed by atoms with Crippen molar-refractivity contribution in [3.05, 3.63) is 41.2 Å². The highest BCUT2D eigenvalue weighted by Gasteiger charge is 2.13. The second-order valence-corrected chi connectivity index (χ2v) is 5.30. The zero-order valence-corrected chi connectivity index (χ0v) is 12.9. The van der Waals surface area contributed by atoms with E-state index in [0.717, 1.165) is 23.7 Å². The Labute approximate surface area is 120 Å². The van der Waals surface area contributed by atoms with Crippen LogP contribution in [0.25, 0.3) is 5.69 Å². The van der Waals surface area contributed by atoms with Gasteiger partial charge in [-0.05, 0) is 26.0 Å². The van der Waals surface area contributed by atoms with E-state index in [1.54, 1.807) is 7.11 Å². The highest BCUT2D eigenvalue weighted by molar-refractivity contribution is 5.41. The van der Waals surface area contributed by atoms with E-state index in [9.17, 15) is 0 Å². The Hall–Kier alpha value is -1.81. The van der Waals surface area contributed by atoms with E-state index in [-0.39, 0.29) is 0 Å². The Morgan fingerprint density at radius 2 is 2.05 bits per heavy atom. The summed E-state index contributed by atoms with van der Waals surface area (Å²) >= 11 is 0. The first kappa shape index (κ1) is 14.6. The van der Waals surface area contributed by atoms with E-state index in [1.165, 1.54) is 11.3 Å². The molecule has 1 N–H and O–H groups in total. The largest absolute Gasteiger partial charge is 0.497 e. The quantitative estimate of drug-likeness (QED) is 0.910. The number of aromatic nitrogens is 2. The first-order valence-corrected chi connectivity index (χ1v) is 6.96. The molecule has 0 unspecified atom stereocenters. The van der Waals surface area contributed by atoms with Crippen molar-refractivity contribution in [3.8, 4) is 11.4 Å². The van der Waals surface area contributed by atoms with Gasteiger partial charge < -0.3 is 10.1 Å². The van der Waals surface area contributed by atoms with Crippen molar-refractivity contribution in [1.29, 1.82) is 0 Å². The van der Waals surface area contributed by atoms with Crippen molar-refractivity contribution in [2.75, 3.05) is 7.11 Å². The fourth-order valence-electron chi connectivity index (χ4n) is 2.23. The number of hydrogen-bond donors (Lipinski definition) is 1. The molecule has 0 saturated carbocycles. The molecule has 4 nitrogen and oxygen atoms in total. The molecule has 0 radical (unpaired) electrons. The average Bonchev–Trinajstić information content (AvgIpc) is 2.72. The Morgan fingerprint density at radius 1 is 1.30 bits per heavy atom. The van der Waals surface area contributed by atoms with Crippen LogP contribution >= 0.6 is 0 Å². The van der Waals surface area contributed by atoms with E-state index in [4.69, 9.17) is 4.74 Å². The lowest BCUT2D eigenvalue weighted by Gasteiger charge is -2.09. The van der Waals surface area contributed by atoms with Crippen LogP contribution in [-0.4, -0.2) is 22.9 Å². The maximum absolute atomic E-state index is 5.28. The van der Waals surface area contributed by atoms with Crippen LogP contribution in [0.5, 0.6) is 5.75 Å². The summed E-state index contributed by atoms with van der Waals surface area (Å²) in [6, 6.07) is 8.43. The van der Waals surface area contributed by atoms with Gasteiger partial charge in [0.1, 0.15) is 5.75 Å². The zero-order valence-electron chi connectivity index (χ0n) is 12.9. The summed E-state index contributed by atoms with van der Waals surface area (Å²) in [7, 11) is 1.68. The number of aryl methyl sites for hydroxylation is 1. The fourth-order valence-corrected chi connectivity index (χ4v) is 2.23. The molecule has 20 heavy (non-hydrogen) atoms. The van der Waals surface area contributed by atoms with Gasteiger partial charge in [0.15, 0.2) is 0 Å². The van der Waals surface area contributed by atoms with Gasteiger partial charge in [-0.25, -0.2) is 4.68 Å². The first-order chi connectivity index (χ1) is 9.52. The van der Waals surface area contributed by atoms with Crippen molar-refractivity contribution in [2.24, 2.45) is 0 Å². The second-order valence-electron chi connectivity index (χ2n) is 5.30. The smallest absolute Gasteiger partial charge is 0.121 e. The van der Waals surface area contributed by atoms with Crippen molar-refractivity contribution in [3.63, 3.8) is 0 Å². The van der Waals surface area contributed by atoms with Crippen LogP contribution in [0, 0.1) is 13.8 Å². The predicted octanol–water partition coefficient (Wildman–Crippen LogP) is 3.00. The average molecular weight is 273 g/mol. The van der Waals surface area contributed by atoms with Gasteiger partial charge in [0, 0.05) is 29.9 Å². The number of methoxy groups -OCH3 is 1. The molecular formula is C16H23N3O. The summed E-state index contributed by atoms with van der Waals surface area (Å²) in [5, 5.41) is 8.11. The van der Waals surface area contributed by atoms with Crippen LogP contribution in [0.4, 0.5) is 0 Å². The molecule has 0 saturated heterocycles. The lowest BCUT2D eigenvalue weighted by molar-refractivity contribution is 0.414. The van der Waals surface area contributed by atoms with Gasteiger partial charge in [0.25, 0.3) is 0 Å². The molecule has 1 heterocycles. The van der Waals surface area contributed by atoms with E-state index in [0.29, 0.717) is 6.04 Å². The third-order valence-electron chi connectivity index (χ3n) is 3.43. The van der Waals surface area contributed by atoms with Gasteiger partial charge >= 0.3 is 0 Å². The lowest BCUT2D eigenvalue weighted by atomic mass is 10.2. The molecule has 2 rings (SSSR count). The maximum atomic E-state index is 5.28. The summed E-state index contributed by atoms with van der Waals surface area (Å²) in [4.78, 5) is 0. The minimum absolute atomic E-state index is 0.467. The molecule has 0 amide bonds. The third kappa shape index (κ3) is 3.02. The number of nitrogens with zero attached hydrogens (tertiary/aromatic N) is 2. The Balaban J connectivity index is 2.35. The van der Waals surface area contributed by atoms with Crippen LogP contribution in [0.15, 0.2) is 24.3 Å². The summed E-state index contributed by atoms with van der Waals surface area (Å²) in [6.45, 7) is 9.31. The molecule has 0 fully saturated rings. The van der Waals surface area contributed by atoms with Crippen molar-refractivity contribution in [1.82, 2.24) is 15.1 Å². The molecule has 0 aliphatic heterocycles. The van der Waals surface area contributed by atoms with Crippen LogP contribution in [0.1, 0.15) is 30.8 Å². The minimum Gasteiger partial charge on any atom is -0.497 e. The number of benzene rings is 1. The molecule has 4 heteroatoms. The van der Waals surface area contributed by atoms with E-state index >= 15 is 0 Å². The highest BCUT2D eigenvalue weighted by atomic mass is 16.5. The predicted molar refractivity (Wildman–Crippen MR) is 81.6 cm³/mol. The fraction of sp³-hybridized carbons (Fsp3) is 0.438. The van der Waals surface area contributed by atoms with E-state index in [2.05, 4.69) is 38.1 Å². The van der Waals surface area contributed by atoms with Crippen molar-refractivity contribution < 1.29 is 4.74 Å². The van der Waals surface area contributed by atoms with Crippen LogP contribution < -0.4 is 10.1 Å². The SMILES string of the molecule is COc1cccc(-n2nc(C)c(CNC(C)C)c2C)c1. The molecule has 1 aromatic heterocycles. The summed E-state index contributed by atoms with van der Waals surface area (Å²) < 4.78 is 7.26. The van der Waals surface area contributed by atoms with Crippen LogP contribution in [0.3, 0.4) is 0 Å². The normalized spacial score (nSPS) is 11.1. The van der Waals surface area contributed by atoms with Gasteiger partial charge in [-0.15, -0.1) is 0 Å². The molecule has 1 aromatic carbocycles. The van der Waals surface area contributed by atoms with Gasteiger partial charge in [-0.3, -0.25) is 0 Å². The van der Waals surface area contributed by atoms with Crippen LogP contribution in [0.2, 0.25) is 0 Å². The molecule has 0 aliphatic carbocycles. The standard InChI is InChI=1S/C16H23N3O/c1-11(2)17-10-16-12(3)18-19(13(16)4)14-7-6-8-15(9-14)20-5/h6-9,11,17H,10H2,1-5H3. The molecule has 0 spiro atoms. The zero-order chi connectivity index (χ0) is 14.7. The monoisotopic (exact) mass is 273 g/mol. The van der Waals surface area contributed by atoms with Gasteiger partial charge in [-0.2, -0.15) is 5.10 Å². The Bertz CT molecular complexity index is 587. The van der Waals surface area contributed by atoms with Gasteiger partial charge in [-0.1, -0.05) is 19.9 Å². The molecule has 0 bridgehead atoms. The van der Waals surface area contributed by atoms with Gasteiger partial charge in [0.2, 0.25) is 0 Å². The second kappa shape index (κ2) is 6.09. The van der Waals surface area contributed by atoms with E-state index < -0.39 is 0 Å². The summed E-state index contributed by atoms with van der Waals surface area (Å²) in [5.41, 5.74) is 4.53.